The lowest BCUT2D eigenvalue weighted by Crippen LogP contribution is -2.29. The van der Waals surface area contributed by atoms with Gasteiger partial charge in [0.2, 0.25) is 9.04 Å². The van der Waals surface area contributed by atoms with Crippen molar-refractivity contribution >= 4 is 14.2 Å². The van der Waals surface area contributed by atoms with Gasteiger partial charge in [-0.05, 0) is 11.2 Å². The van der Waals surface area contributed by atoms with Crippen LogP contribution in [0.15, 0.2) is 30.3 Å². The first-order valence-corrected chi connectivity index (χ1v) is 6.10. The van der Waals surface area contributed by atoms with E-state index in [0.717, 1.165) is 17.7 Å². The summed E-state index contributed by atoms with van der Waals surface area (Å²) in [5, 5.41) is 1.14. The first-order valence-electron chi connectivity index (χ1n) is 4.44. The predicted octanol–water partition coefficient (Wildman–Crippen LogP) is 1.68. The van der Waals surface area contributed by atoms with Crippen molar-refractivity contribution in [3.63, 3.8) is 0 Å². The number of unbranched alkanes of at least 4 members (excludes halogenated alkanes) is 1. The van der Waals surface area contributed by atoms with Crippen LogP contribution in [0.4, 0.5) is 0 Å². The Morgan fingerprint density at radius 3 is 2.50 bits per heavy atom. The van der Waals surface area contributed by atoms with Crippen molar-refractivity contribution in [2.24, 2.45) is 0 Å². The average Bonchev–Trinajstić information content (AvgIpc) is 2.15. The van der Waals surface area contributed by atoms with E-state index in [-0.39, 0.29) is 0 Å². The lowest BCUT2D eigenvalue weighted by molar-refractivity contribution is 0.578. The maximum atomic E-state index is 9.75. The van der Waals surface area contributed by atoms with Gasteiger partial charge in [-0.2, -0.15) is 0 Å². The van der Waals surface area contributed by atoms with Crippen molar-refractivity contribution < 1.29 is 4.80 Å². The van der Waals surface area contributed by atoms with Crippen LogP contribution in [0, 0.1) is 0 Å². The van der Waals surface area contributed by atoms with Gasteiger partial charge in [-0.3, -0.25) is 0 Å². The first-order chi connectivity index (χ1) is 5.84. The summed E-state index contributed by atoms with van der Waals surface area (Å²) >= 11 is 0. The second kappa shape index (κ2) is 5.12. The Morgan fingerprint density at radius 1 is 1.25 bits per heavy atom. The zero-order valence-corrected chi connectivity index (χ0v) is 8.46. The molecule has 0 amide bonds. The summed E-state index contributed by atoms with van der Waals surface area (Å²) < 4.78 is 0. The molecule has 65 valence electrons. The molecule has 0 aliphatic rings. The van der Waals surface area contributed by atoms with E-state index in [9.17, 15) is 4.80 Å². The molecule has 1 aromatic rings. The summed E-state index contributed by atoms with van der Waals surface area (Å²) in [6, 6.07) is 11.0. The second-order valence-electron chi connectivity index (χ2n) is 2.92. The second-order valence-corrected chi connectivity index (χ2v) is 4.89. The normalized spacial score (nSPS) is 10.6. The Bertz CT molecular complexity index is 210. The number of hydrogen-bond donors (Lipinski definition) is 1. The van der Waals surface area contributed by atoms with Crippen LogP contribution in [0.5, 0.6) is 0 Å². The molecule has 0 spiro atoms. The van der Waals surface area contributed by atoms with Gasteiger partial charge in [0.1, 0.15) is 0 Å². The molecule has 0 heterocycles. The summed E-state index contributed by atoms with van der Waals surface area (Å²) in [5.74, 6) is 0. The molecule has 2 heteroatoms. The molecular weight excluding hydrogens is 164 g/mol. The molecule has 0 aliphatic heterocycles. The fraction of sp³-hybridized carbons (Fsp3) is 0.400. The van der Waals surface area contributed by atoms with Crippen LogP contribution in [-0.4, -0.2) is 13.8 Å². The fourth-order valence-electron chi connectivity index (χ4n) is 1.12. The third-order valence-electron chi connectivity index (χ3n) is 1.87. The Kier molecular flexibility index (Phi) is 4.04. The highest BCUT2D eigenvalue weighted by Crippen LogP contribution is 1.99. The summed E-state index contributed by atoms with van der Waals surface area (Å²) in [5.41, 5.74) is 0. The highest BCUT2D eigenvalue weighted by molar-refractivity contribution is 6.66. The van der Waals surface area contributed by atoms with Crippen molar-refractivity contribution in [1.82, 2.24) is 0 Å². The molecule has 1 N–H and O–H groups in total. The smallest absolute Gasteiger partial charge is 0.242 e. The monoisotopic (exact) mass is 179 g/mol. The fourth-order valence-corrected chi connectivity index (χ4v) is 2.67. The average molecular weight is 179 g/mol. The maximum Gasteiger partial charge on any atom is 0.242 e. The van der Waals surface area contributed by atoms with E-state index in [1.807, 2.05) is 30.3 Å². The Morgan fingerprint density at radius 2 is 1.92 bits per heavy atom. The molecule has 1 radical (unpaired) electrons. The van der Waals surface area contributed by atoms with Crippen molar-refractivity contribution in [3.8, 4) is 0 Å². The minimum atomic E-state index is -1.23. The number of rotatable bonds is 4. The van der Waals surface area contributed by atoms with E-state index in [1.165, 1.54) is 6.42 Å². The van der Waals surface area contributed by atoms with Crippen molar-refractivity contribution in [2.45, 2.75) is 25.8 Å². The molecule has 1 aromatic carbocycles. The Balaban J connectivity index is 2.48. The first kappa shape index (κ1) is 9.48. The zero-order valence-electron chi connectivity index (χ0n) is 7.46. The summed E-state index contributed by atoms with van der Waals surface area (Å²) in [4.78, 5) is 9.75. The molecule has 0 aliphatic carbocycles. The van der Waals surface area contributed by atoms with Crippen LogP contribution < -0.4 is 5.19 Å². The van der Waals surface area contributed by atoms with E-state index in [0.29, 0.717) is 0 Å². The van der Waals surface area contributed by atoms with Gasteiger partial charge in [-0.15, -0.1) is 0 Å². The zero-order chi connectivity index (χ0) is 8.81. The SMILES string of the molecule is CCCC[Si](O)c1ccccc1. The van der Waals surface area contributed by atoms with Gasteiger partial charge in [-0.1, -0.05) is 50.1 Å². The molecule has 0 bridgehead atoms. The van der Waals surface area contributed by atoms with Crippen molar-refractivity contribution in [3.05, 3.63) is 30.3 Å². The summed E-state index contributed by atoms with van der Waals surface area (Å²) in [6.45, 7) is 2.15. The van der Waals surface area contributed by atoms with Gasteiger partial charge in [-0.25, -0.2) is 0 Å². The molecule has 12 heavy (non-hydrogen) atoms. The van der Waals surface area contributed by atoms with Gasteiger partial charge in [0.05, 0.1) is 0 Å². The Hall–Kier alpha value is -0.603. The van der Waals surface area contributed by atoms with Crippen molar-refractivity contribution in [1.29, 1.82) is 0 Å². The van der Waals surface area contributed by atoms with Crippen LogP contribution in [0.25, 0.3) is 0 Å². The summed E-state index contributed by atoms with van der Waals surface area (Å²) in [7, 11) is -1.23. The standard InChI is InChI=1S/C10H15OSi/c1-2-3-9-12(11)10-7-5-4-6-8-10/h4-8,11H,2-3,9H2,1H3. The highest BCUT2D eigenvalue weighted by atomic mass is 28.3. The van der Waals surface area contributed by atoms with Gasteiger partial charge >= 0.3 is 0 Å². The molecule has 0 saturated heterocycles. The maximum absolute atomic E-state index is 9.75. The molecule has 0 saturated carbocycles. The highest BCUT2D eigenvalue weighted by Gasteiger charge is 2.09. The lowest BCUT2D eigenvalue weighted by atomic mass is 10.4. The molecule has 1 rings (SSSR count). The van der Waals surface area contributed by atoms with Gasteiger partial charge in [0.25, 0.3) is 0 Å². The molecule has 0 atom stereocenters. The van der Waals surface area contributed by atoms with Crippen molar-refractivity contribution in [2.75, 3.05) is 0 Å². The topological polar surface area (TPSA) is 20.2 Å². The van der Waals surface area contributed by atoms with Crippen LogP contribution in [0.3, 0.4) is 0 Å². The van der Waals surface area contributed by atoms with Crippen LogP contribution in [0.1, 0.15) is 19.8 Å². The van der Waals surface area contributed by atoms with Gasteiger partial charge in [0.15, 0.2) is 0 Å². The van der Waals surface area contributed by atoms with Crippen LogP contribution in [-0.2, 0) is 0 Å². The van der Waals surface area contributed by atoms with E-state index in [2.05, 4.69) is 6.92 Å². The van der Waals surface area contributed by atoms with Crippen LogP contribution >= 0.6 is 0 Å². The largest absolute Gasteiger partial charge is 0.427 e. The minimum Gasteiger partial charge on any atom is -0.427 e. The molecule has 1 nitrogen and oxygen atoms in total. The van der Waals surface area contributed by atoms with E-state index >= 15 is 0 Å². The Labute approximate surface area is 75.8 Å². The summed E-state index contributed by atoms with van der Waals surface area (Å²) in [6.07, 6.45) is 2.31. The predicted molar refractivity (Wildman–Crippen MR) is 53.8 cm³/mol. The van der Waals surface area contributed by atoms with Gasteiger partial charge in [0, 0.05) is 0 Å². The third-order valence-corrected chi connectivity index (χ3v) is 3.70. The number of hydrogen-bond acceptors (Lipinski definition) is 1. The molecule has 0 fully saturated rings. The van der Waals surface area contributed by atoms with E-state index < -0.39 is 9.04 Å². The molecular formula is C10H15OSi. The lowest BCUT2D eigenvalue weighted by Gasteiger charge is -2.05. The van der Waals surface area contributed by atoms with E-state index in [4.69, 9.17) is 0 Å². The van der Waals surface area contributed by atoms with Crippen LogP contribution in [0.2, 0.25) is 6.04 Å². The number of benzene rings is 1. The molecule has 0 aromatic heterocycles. The third kappa shape index (κ3) is 2.79. The minimum absolute atomic E-state index is 0.977. The molecule has 0 unspecified atom stereocenters. The van der Waals surface area contributed by atoms with E-state index in [1.54, 1.807) is 0 Å². The van der Waals surface area contributed by atoms with Gasteiger partial charge < -0.3 is 4.80 Å². The quantitative estimate of drug-likeness (QED) is 0.697.